The van der Waals surface area contributed by atoms with Crippen LogP contribution in [-0.2, 0) is 16.0 Å². The number of rotatable bonds is 6. The molecule has 0 aliphatic heterocycles. The van der Waals surface area contributed by atoms with Crippen molar-refractivity contribution in [2.45, 2.75) is 26.7 Å². The Morgan fingerprint density at radius 1 is 1.41 bits per heavy atom. The zero-order chi connectivity index (χ0) is 12.7. The van der Waals surface area contributed by atoms with Crippen LogP contribution in [0.3, 0.4) is 0 Å². The summed E-state index contributed by atoms with van der Waals surface area (Å²) >= 11 is 1.04. The molecule has 1 rings (SSSR count). The van der Waals surface area contributed by atoms with Crippen molar-refractivity contribution >= 4 is 23.4 Å². The van der Waals surface area contributed by atoms with Crippen LogP contribution in [0.25, 0.3) is 0 Å². The highest BCUT2D eigenvalue weighted by atomic mass is 32.1. The minimum atomic E-state index is -0.449. The Morgan fingerprint density at radius 3 is 2.82 bits per heavy atom. The zero-order valence-electron chi connectivity index (χ0n) is 9.86. The van der Waals surface area contributed by atoms with Crippen molar-refractivity contribution in [1.82, 2.24) is 14.9 Å². The van der Waals surface area contributed by atoms with E-state index in [-0.39, 0.29) is 12.5 Å². The predicted molar refractivity (Wildman–Crippen MR) is 62.9 cm³/mol. The fraction of sp³-hybridized carbons (Fsp3) is 0.600. The van der Waals surface area contributed by atoms with Gasteiger partial charge in [0.1, 0.15) is 11.4 Å². The molecule has 1 amide bonds. The third-order valence-corrected chi connectivity index (χ3v) is 2.71. The highest BCUT2D eigenvalue weighted by Gasteiger charge is 2.16. The molecule has 1 aromatic rings. The molecule has 94 valence electrons. The van der Waals surface area contributed by atoms with Crippen LogP contribution in [0, 0.1) is 0 Å². The van der Waals surface area contributed by atoms with Gasteiger partial charge in [-0.1, -0.05) is 17.8 Å². The summed E-state index contributed by atoms with van der Waals surface area (Å²) in [7, 11) is 0. The molecule has 1 heterocycles. The number of aromatic nitrogens is 2. The van der Waals surface area contributed by atoms with Gasteiger partial charge in [-0.25, -0.2) is 0 Å². The first-order valence-corrected chi connectivity index (χ1v) is 6.21. The lowest BCUT2D eigenvalue weighted by Gasteiger charge is -2.03. The second-order valence-electron chi connectivity index (χ2n) is 3.29. The first-order valence-electron chi connectivity index (χ1n) is 5.44. The molecule has 0 unspecified atom stereocenters. The van der Waals surface area contributed by atoms with E-state index in [0.717, 1.165) is 18.0 Å². The SMILES string of the molecule is CCCc1nnsc1C(=O)NCC(=O)OCC. The van der Waals surface area contributed by atoms with E-state index in [4.69, 9.17) is 4.74 Å². The number of esters is 1. The molecule has 0 fully saturated rings. The molecular formula is C10H15N3O3S. The zero-order valence-corrected chi connectivity index (χ0v) is 10.7. The van der Waals surface area contributed by atoms with E-state index >= 15 is 0 Å². The summed E-state index contributed by atoms with van der Waals surface area (Å²) in [5, 5.41) is 6.37. The van der Waals surface area contributed by atoms with Crippen molar-refractivity contribution in [2.24, 2.45) is 0 Å². The molecular weight excluding hydrogens is 242 g/mol. The third-order valence-electron chi connectivity index (χ3n) is 1.95. The van der Waals surface area contributed by atoms with Gasteiger partial charge in [0.2, 0.25) is 0 Å². The first-order chi connectivity index (χ1) is 8.19. The van der Waals surface area contributed by atoms with Crippen LogP contribution < -0.4 is 5.32 Å². The van der Waals surface area contributed by atoms with E-state index in [1.165, 1.54) is 0 Å². The molecule has 1 N–H and O–H groups in total. The van der Waals surface area contributed by atoms with Crippen molar-refractivity contribution in [1.29, 1.82) is 0 Å². The highest BCUT2D eigenvalue weighted by molar-refractivity contribution is 7.08. The summed E-state index contributed by atoms with van der Waals surface area (Å²) in [5.41, 5.74) is 0.679. The molecule has 0 aromatic carbocycles. The van der Waals surface area contributed by atoms with Gasteiger partial charge in [-0.2, -0.15) is 0 Å². The second kappa shape index (κ2) is 6.95. The van der Waals surface area contributed by atoms with Crippen molar-refractivity contribution in [3.8, 4) is 0 Å². The van der Waals surface area contributed by atoms with E-state index in [1.54, 1.807) is 6.92 Å². The number of aryl methyl sites for hydroxylation is 1. The Labute approximate surface area is 104 Å². The van der Waals surface area contributed by atoms with Crippen molar-refractivity contribution in [3.63, 3.8) is 0 Å². The van der Waals surface area contributed by atoms with Gasteiger partial charge in [0.15, 0.2) is 0 Å². The van der Waals surface area contributed by atoms with E-state index in [0.29, 0.717) is 23.6 Å². The number of hydrogen-bond donors (Lipinski definition) is 1. The maximum Gasteiger partial charge on any atom is 0.325 e. The molecule has 0 radical (unpaired) electrons. The van der Waals surface area contributed by atoms with Gasteiger partial charge in [0.25, 0.3) is 5.91 Å². The lowest BCUT2D eigenvalue weighted by Crippen LogP contribution is -2.30. The maximum atomic E-state index is 11.7. The molecule has 0 saturated heterocycles. The smallest absolute Gasteiger partial charge is 0.325 e. The van der Waals surface area contributed by atoms with Crippen LogP contribution in [-0.4, -0.2) is 34.6 Å². The summed E-state index contributed by atoms with van der Waals surface area (Å²) in [4.78, 5) is 23.3. The van der Waals surface area contributed by atoms with Gasteiger partial charge in [-0.3, -0.25) is 9.59 Å². The Hall–Kier alpha value is -1.50. The summed E-state index contributed by atoms with van der Waals surface area (Å²) < 4.78 is 8.45. The van der Waals surface area contributed by atoms with Crippen LogP contribution in [0.2, 0.25) is 0 Å². The standard InChI is InChI=1S/C10H15N3O3S/c1-3-5-7-9(17-13-12-7)10(15)11-6-8(14)16-4-2/h3-6H2,1-2H3,(H,11,15). The Kier molecular flexibility index (Phi) is 5.55. The lowest BCUT2D eigenvalue weighted by atomic mass is 10.2. The molecule has 0 saturated carbocycles. The Bertz CT molecular complexity index is 392. The Balaban J connectivity index is 2.52. The van der Waals surface area contributed by atoms with Gasteiger partial charge < -0.3 is 10.1 Å². The van der Waals surface area contributed by atoms with E-state index < -0.39 is 5.97 Å². The number of nitrogens with zero attached hydrogens (tertiary/aromatic N) is 2. The number of nitrogens with one attached hydrogen (secondary N) is 1. The van der Waals surface area contributed by atoms with E-state index in [1.807, 2.05) is 6.92 Å². The summed E-state index contributed by atoms with van der Waals surface area (Å²) in [6.45, 7) is 3.89. The number of ether oxygens (including phenoxy) is 1. The van der Waals surface area contributed by atoms with E-state index in [9.17, 15) is 9.59 Å². The molecule has 6 nitrogen and oxygen atoms in total. The summed E-state index contributed by atoms with van der Waals surface area (Å²) in [6, 6.07) is 0. The minimum Gasteiger partial charge on any atom is -0.465 e. The van der Waals surface area contributed by atoms with Gasteiger partial charge >= 0.3 is 5.97 Å². The largest absolute Gasteiger partial charge is 0.465 e. The summed E-state index contributed by atoms with van der Waals surface area (Å²) in [5.74, 6) is -0.771. The normalized spacial score (nSPS) is 10.0. The highest BCUT2D eigenvalue weighted by Crippen LogP contribution is 2.11. The predicted octanol–water partition coefficient (Wildman–Crippen LogP) is 0.784. The van der Waals surface area contributed by atoms with Gasteiger partial charge in [-0.15, -0.1) is 5.10 Å². The van der Waals surface area contributed by atoms with Gasteiger partial charge in [0.05, 0.1) is 12.3 Å². The molecule has 1 aromatic heterocycles. The fourth-order valence-electron chi connectivity index (χ4n) is 1.23. The topological polar surface area (TPSA) is 81.2 Å². The maximum absolute atomic E-state index is 11.7. The number of hydrogen-bond acceptors (Lipinski definition) is 6. The molecule has 0 spiro atoms. The molecule has 17 heavy (non-hydrogen) atoms. The van der Waals surface area contributed by atoms with Gasteiger partial charge in [-0.05, 0) is 24.9 Å². The average Bonchev–Trinajstić information content (AvgIpc) is 2.75. The average molecular weight is 257 g/mol. The van der Waals surface area contributed by atoms with Crippen molar-refractivity contribution in [2.75, 3.05) is 13.2 Å². The number of carbonyl (C=O) groups is 2. The molecule has 0 atom stereocenters. The first kappa shape index (κ1) is 13.6. The van der Waals surface area contributed by atoms with Crippen LogP contribution in [0.5, 0.6) is 0 Å². The van der Waals surface area contributed by atoms with Crippen LogP contribution >= 0.6 is 11.5 Å². The molecule has 7 heteroatoms. The number of amides is 1. The van der Waals surface area contributed by atoms with Crippen molar-refractivity contribution < 1.29 is 14.3 Å². The monoisotopic (exact) mass is 257 g/mol. The van der Waals surface area contributed by atoms with Crippen LogP contribution in [0.15, 0.2) is 0 Å². The minimum absolute atomic E-state index is 0.129. The molecule has 0 bridgehead atoms. The molecule has 0 aliphatic carbocycles. The van der Waals surface area contributed by atoms with Crippen LogP contribution in [0.4, 0.5) is 0 Å². The lowest BCUT2D eigenvalue weighted by molar-refractivity contribution is -0.141. The summed E-state index contributed by atoms with van der Waals surface area (Å²) in [6.07, 6.45) is 1.60. The quantitative estimate of drug-likeness (QED) is 0.762. The Morgan fingerprint density at radius 2 is 2.18 bits per heavy atom. The van der Waals surface area contributed by atoms with Crippen molar-refractivity contribution in [3.05, 3.63) is 10.6 Å². The molecule has 0 aliphatic rings. The fourth-order valence-corrected chi connectivity index (χ4v) is 1.85. The number of carbonyl (C=O) groups excluding carboxylic acids is 2. The van der Waals surface area contributed by atoms with Crippen LogP contribution in [0.1, 0.15) is 35.6 Å². The van der Waals surface area contributed by atoms with E-state index in [2.05, 4.69) is 14.9 Å². The second-order valence-corrected chi connectivity index (χ2v) is 4.04. The van der Waals surface area contributed by atoms with Gasteiger partial charge in [0, 0.05) is 0 Å². The third kappa shape index (κ3) is 4.10.